The van der Waals surface area contributed by atoms with E-state index in [-0.39, 0.29) is 12.2 Å². The SMILES string of the molecule is Cc1cccc(C(CBr)OC(C)c2ccccc2)c1. The van der Waals surface area contributed by atoms with E-state index in [0.29, 0.717) is 0 Å². The average molecular weight is 319 g/mol. The summed E-state index contributed by atoms with van der Waals surface area (Å²) in [6, 6.07) is 18.8. The van der Waals surface area contributed by atoms with Crippen LogP contribution in [0.15, 0.2) is 54.6 Å². The minimum absolute atomic E-state index is 0.0788. The van der Waals surface area contributed by atoms with Crippen molar-refractivity contribution in [2.24, 2.45) is 0 Å². The van der Waals surface area contributed by atoms with E-state index >= 15 is 0 Å². The fraction of sp³-hybridized carbons (Fsp3) is 0.294. The molecule has 2 aromatic carbocycles. The third kappa shape index (κ3) is 3.92. The molecule has 2 heteroatoms. The average Bonchev–Trinajstić information content (AvgIpc) is 2.45. The minimum Gasteiger partial charge on any atom is -0.365 e. The van der Waals surface area contributed by atoms with Gasteiger partial charge in [-0.15, -0.1) is 0 Å². The Balaban J connectivity index is 2.11. The van der Waals surface area contributed by atoms with Crippen molar-refractivity contribution in [3.8, 4) is 0 Å². The minimum atomic E-state index is 0.0788. The summed E-state index contributed by atoms with van der Waals surface area (Å²) >= 11 is 3.55. The molecule has 0 bridgehead atoms. The predicted octanol–water partition coefficient (Wildman–Crippen LogP) is 5.21. The van der Waals surface area contributed by atoms with Gasteiger partial charge in [-0.3, -0.25) is 0 Å². The van der Waals surface area contributed by atoms with Crippen molar-refractivity contribution < 1.29 is 4.74 Å². The second-order valence-electron chi connectivity index (χ2n) is 4.75. The molecule has 1 nitrogen and oxygen atoms in total. The maximum atomic E-state index is 6.18. The topological polar surface area (TPSA) is 9.23 Å². The van der Waals surface area contributed by atoms with Gasteiger partial charge < -0.3 is 4.74 Å². The molecule has 2 unspecified atom stereocenters. The van der Waals surface area contributed by atoms with Crippen molar-refractivity contribution in [1.29, 1.82) is 0 Å². The van der Waals surface area contributed by atoms with E-state index in [4.69, 9.17) is 4.74 Å². The molecular formula is C17H19BrO. The summed E-state index contributed by atoms with van der Waals surface area (Å²) in [4.78, 5) is 0. The molecular weight excluding hydrogens is 300 g/mol. The lowest BCUT2D eigenvalue weighted by atomic mass is 10.1. The zero-order valence-electron chi connectivity index (χ0n) is 11.3. The summed E-state index contributed by atoms with van der Waals surface area (Å²) in [5.41, 5.74) is 3.69. The van der Waals surface area contributed by atoms with Crippen LogP contribution < -0.4 is 0 Å². The van der Waals surface area contributed by atoms with Crippen molar-refractivity contribution in [2.75, 3.05) is 5.33 Å². The van der Waals surface area contributed by atoms with Gasteiger partial charge in [0.15, 0.2) is 0 Å². The number of benzene rings is 2. The molecule has 0 aliphatic rings. The first kappa shape index (κ1) is 14.3. The van der Waals surface area contributed by atoms with E-state index < -0.39 is 0 Å². The van der Waals surface area contributed by atoms with Gasteiger partial charge >= 0.3 is 0 Å². The summed E-state index contributed by atoms with van der Waals surface area (Å²) in [6.45, 7) is 4.20. The number of rotatable bonds is 5. The third-order valence-electron chi connectivity index (χ3n) is 3.19. The van der Waals surface area contributed by atoms with Crippen molar-refractivity contribution in [3.63, 3.8) is 0 Å². The Kier molecular flexibility index (Phi) is 5.17. The second-order valence-corrected chi connectivity index (χ2v) is 5.39. The lowest BCUT2D eigenvalue weighted by molar-refractivity contribution is 0.00930. The largest absolute Gasteiger partial charge is 0.365 e. The smallest absolute Gasteiger partial charge is 0.0929 e. The van der Waals surface area contributed by atoms with Crippen LogP contribution >= 0.6 is 15.9 Å². The molecule has 19 heavy (non-hydrogen) atoms. The molecule has 0 aromatic heterocycles. The monoisotopic (exact) mass is 318 g/mol. The Morgan fingerprint density at radius 1 is 1.00 bits per heavy atom. The van der Waals surface area contributed by atoms with Crippen molar-refractivity contribution in [1.82, 2.24) is 0 Å². The number of aryl methyl sites for hydroxylation is 1. The summed E-state index contributed by atoms with van der Waals surface area (Å²) in [5, 5.41) is 0.799. The molecule has 0 saturated carbocycles. The van der Waals surface area contributed by atoms with E-state index in [1.165, 1.54) is 16.7 Å². The molecule has 2 atom stereocenters. The van der Waals surface area contributed by atoms with Crippen LogP contribution in [0, 0.1) is 6.92 Å². The van der Waals surface area contributed by atoms with Crippen LogP contribution in [0.25, 0.3) is 0 Å². The number of hydrogen-bond donors (Lipinski definition) is 0. The highest BCUT2D eigenvalue weighted by Gasteiger charge is 2.15. The van der Waals surface area contributed by atoms with E-state index in [2.05, 4.69) is 66.2 Å². The first-order valence-electron chi connectivity index (χ1n) is 6.53. The van der Waals surface area contributed by atoms with E-state index in [1.807, 2.05) is 18.2 Å². The Morgan fingerprint density at radius 2 is 1.68 bits per heavy atom. The van der Waals surface area contributed by atoms with Crippen LogP contribution in [0.5, 0.6) is 0 Å². The summed E-state index contributed by atoms with van der Waals surface area (Å²) < 4.78 is 6.18. The van der Waals surface area contributed by atoms with Gasteiger partial charge in [0, 0.05) is 5.33 Å². The summed E-state index contributed by atoms with van der Waals surface area (Å²) in [5.74, 6) is 0. The number of halogens is 1. The number of hydrogen-bond acceptors (Lipinski definition) is 1. The highest BCUT2D eigenvalue weighted by Crippen LogP contribution is 2.28. The Hall–Kier alpha value is -1.12. The molecule has 2 aromatic rings. The quantitative estimate of drug-likeness (QED) is 0.688. The Morgan fingerprint density at radius 3 is 2.32 bits per heavy atom. The van der Waals surface area contributed by atoms with Crippen LogP contribution in [0.2, 0.25) is 0 Å². The van der Waals surface area contributed by atoms with Crippen LogP contribution in [-0.2, 0) is 4.74 Å². The van der Waals surface area contributed by atoms with Crippen molar-refractivity contribution in [2.45, 2.75) is 26.1 Å². The number of alkyl halides is 1. The highest BCUT2D eigenvalue weighted by atomic mass is 79.9. The van der Waals surface area contributed by atoms with Gasteiger partial charge in [-0.1, -0.05) is 76.1 Å². The fourth-order valence-electron chi connectivity index (χ4n) is 2.12. The van der Waals surface area contributed by atoms with Crippen LogP contribution in [0.3, 0.4) is 0 Å². The Bertz CT molecular complexity index is 510. The molecule has 0 radical (unpaired) electrons. The third-order valence-corrected chi connectivity index (χ3v) is 3.78. The molecule has 0 N–H and O–H groups in total. The first-order valence-corrected chi connectivity index (χ1v) is 7.66. The zero-order valence-corrected chi connectivity index (χ0v) is 12.9. The van der Waals surface area contributed by atoms with Crippen LogP contribution in [-0.4, -0.2) is 5.33 Å². The van der Waals surface area contributed by atoms with Gasteiger partial charge in [-0.2, -0.15) is 0 Å². The van der Waals surface area contributed by atoms with Crippen molar-refractivity contribution in [3.05, 3.63) is 71.3 Å². The maximum absolute atomic E-state index is 6.18. The van der Waals surface area contributed by atoms with Crippen LogP contribution in [0.4, 0.5) is 0 Å². The van der Waals surface area contributed by atoms with E-state index in [0.717, 1.165) is 5.33 Å². The standard InChI is InChI=1S/C17H19BrO/c1-13-7-6-10-16(11-13)17(12-18)19-14(2)15-8-4-3-5-9-15/h3-11,14,17H,12H2,1-2H3. The fourth-order valence-corrected chi connectivity index (χ4v) is 2.65. The summed E-state index contributed by atoms with van der Waals surface area (Å²) in [7, 11) is 0. The molecule has 0 saturated heterocycles. The lowest BCUT2D eigenvalue weighted by Crippen LogP contribution is -2.09. The molecule has 0 spiro atoms. The lowest BCUT2D eigenvalue weighted by Gasteiger charge is -2.22. The van der Waals surface area contributed by atoms with Crippen LogP contribution in [0.1, 0.15) is 35.8 Å². The number of ether oxygens (including phenoxy) is 1. The van der Waals surface area contributed by atoms with Gasteiger partial charge in [0.1, 0.15) is 0 Å². The first-order chi connectivity index (χ1) is 9.20. The zero-order chi connectivity index (χ0) is 13.7. The van der Waals surface area contributed by atoms with Gasteiger partial charge in [0.25, 0.3) is 0 Å². The molecule has 2 rings (SSSR count). The van der Waals surface area contributed by atoms with E-state index in [9.17, 15) is 0 Å². The van der Waals surface area contributed by atoms with Crippen molar-refractivity contribution >= 4 is 15.9 Å². The predicted molar refractivity (Wildman–Crippen MR) is 83.7 cm³/mol. The second kappa shape index (κ2) is 6.88. The molecule has 100 valence electrons. The van der Waals surface area contributed by atoms with E-state index in [1.54, 1.807) is 0 Å². The van der Waals surface area contributed by atoms with Gasteiger partial charge in [0.05, 0.1) is 12.2 Å². The van der Waals surface area contributed by atoms with Gasteiger partial charge in [0.2, 0.25) is 0 Å². The molecule has 0 aliphatic heterocycles. The molecule has 0 heterocycles. The highest BCUT2D eigenvalue weighted by molar-refractivity contribution is 9.09. The molecule has 0 amide bonds. The van der Waals surface area contributed by atoms with Gasteiger partial charge in [-0.25, -0.2) is 0 Å². The Labute approximate surface area is 123 Å². The molecule has 0 aliphatic carbocycles. The normalized spacial score (nSPS) is 14.1. The summed E-state index contributed by atoms with van der Waals surface area (Å²) in [6.07, 6.45) is 0.166. The maximum Gasteiger partial charge on any atom is 0.0929 e. The van der Waals surface area contributed by atoms with Gasteiger partial charge in [-0.05, 0) is 25.0 Å². The molecule has 0 fully saturated rings.